The van der Waals surface area contributed by atoms with E-state index in [4.69, 9.17) is 0 Å². The SMILES string of the molecule is N#C/C(=C\c1c2ccccc2cc2ccccc12)C(=O)Nc1cccc2ccccc12. The van der Waals surface area contributed by atoms with E-state index in [0.717, 1.165) is 37.9 Å². The van der Waals surface area contributed by atoms with Crippen molar-refractivity contribution < 1.29 is 4.79 Å². The summed E-state index contributed by atoms with van der Waals surface area (Å²) in [7, 11) is 0. The maximum absolute atomic E-state index is 13.1. The van der Waals surface area contributed by atoms with Crippen LogP contribution in [0.15, 0.2) is 103 Å². The van der Waals surface area contributed by atoms with E-state index >= 15 is 0 Å². The first-order valence-corrected chi connectivity index (χ1v) is 10.1. The lowest BCUT2D eigenvalue weighted by Gasteiger charge is -2.10. The van der Waals surface area contributed by atoms with Crippen molar-refractivity contribution in [1.82, 2.24) is 0 Å². The minimum Gasteiger partial charge on any atom is -0.321 e. The summed E-state index contributed by atoms with van der Waals surface area (Å²) in [5.74, 6) is -0.420. The third-order valence-corrected chi connectivity index (χ3v) is 5.50. The van der Waals surface area contributed by atoms with Crippen molar-refractivity contribution >= 4 is 50.0 Å². The van der Waals surface area contributed by atoms with Crippen molar-refractivity contribution in [2.24, 2.45) is 0 Å². The van der Waals surface area contributed by atoms with Crippen LogP contribution in [-0.4, -0.2) is 5.91 Å². The lowest BCUT2D eigenvalue weighted by Crippen LogP contribution is -2.13. The van der Waals surface area contributed by atoms with E-state index in [1.165, 1.54) is 0 Å². The minimum atomic E-state index is -0.420. The van der Waals surface area contributed by atoms with Crippen molar-refractivity contribution in [2.45, 2.75) is 0 Å². The second-order valence-electron chi connectivity index (χ2n) is 7.38. The topological polar surface area (TPSA) is 52.9 Å². The number of hydrogen-bond acceptors (Lipinski definition) is 2. The lowest BCUT2D eigenvalue weighted by atomic mass is 9.95. The van der Waals surface area contributed by atoms with E-state index in [1.807, 2.05) is 91.0 Å². The Kier molecular flexibility index (Phi) is 4.67. The molecule has 0 aliphatic carbocycles. The first kappa shape index (κ1) is 18.6. The Bertz CT molecular complexity index is 1480. The van der Waals surface area contributed by atoms with E-state index in [-0.39, 0.29) is 5.57 Å². The monoisotopic (exact) mass is 398 g/mol. The van der Waals surface area contributed by atoms with Crippen LogP contribution >= 0.6 is 0 Å². The van der Waals surface area contributed by atoms with Gasteiger partial charge in [0.25, 0.3) is 5.91 Å². The molecule has 5 rings (SSSR count). The molecule has 0 spiro atoms. The highest BCUT2D eigenvalue weighted by Crippen LogP contribution is 2.30. The van der Waals surface area contributed by atoms with Gasteiger partial charge in [0.1, 0.15) is 11.6 Å². The van der Waals surface area contributed by atoms with Crippen molar-refractivity contribution in [3.05, 3.63) is 108 Å². The van der Waals surface area contributed by atoms with Crippen LogP contribution in [0.3, 0.4) is 0 Å². The molecule has 0 heterocycles. The molecule has 0 aliphatic rings. The third kappa shape index (κ3) is 3.41. The van der Waals surface area contributed by atoms with Gasteiger partial charge in [-0.15, -0.1) is 0 Å². The quantitative estimate of drug-likeness (QED) is 0.209. The molecule has 0 atom stereocenters. The summed E-state index contributed by atoms with van der Waals surface area (Å²) in [6.45, 7) is 0. The molecule has 0 saturated heterocycles. The third-order valence-electron chi connectivity index (χ3n) is 5.50. The molecule has 146 valence electrons. The maximum atomic E-state index is 13.1. The Labute approximate surface area is 179 Å². The molecule has 0 bridgehead atoms. The van der Waals surface area contributed by atoms with Crippen molar-refractivity contribution in [2.75, 3.05) is 5.32 Å². The number of nitrogens with one attached hydrogen (secondary N) is 1. The van der Waals surface area contributed by atoms with Gasteiger partial charge >= 0.3 is 0 Å². The smallest absolute Gasteiger partial charge is 0.266 e. The van der Waals surface area contributed by atoms with Crippen molar-refractivity contribution in [1.29, 1.82) is 5.26 Å². The molecule has 0 unspecified atom stereocenters. The van der Waals surface area contributed by atoms with Gasteiger partial charge in [0.05, 0.1) is 0 Å². The number of hydrogen-bond donors (Lipinski definition) is 1. The van der Waals surface area contributed by atoms with Gasteiger partial charge < -0.3 is 5.32 Å². The fourth-order valence-electron chi connectivity index (χ4n) is 4.02. The number of amides is 1. The molecule has 1 amide bonds. The van der Waals surface area contributed by atoms with E-state index in [0.29, 0.717) is 5.69 Å². The molecule has 5 aromatic carbocycles. The normalized spacial score (nSPS) is 11.5. The van der Waals surface area contributed by atoms with Crippen LogP contribution in [0, 0.1) is 11.3 Å². The van der Waals surface area contributed by atoms with E-state index < -0.39 is 5.91 Å². The van der Waals surface area contributed by atoms with Gasteiger partial charge in [0, 0.05) is 11.1 Å². The van der Waals surface area contributed by atoms with Crippen LogP contribution in [0.25, 0.3) is 38.4 Å². The fourth-order valence-corrected chi connectivity index (χ4v) is 4.02. The van der Waals surface area contributed by atoms with Crippen molar-refractivity contribution in [3.63, 3.8) is 0 Å². The van der Waals surface area contributed by atoms with E-state index in [9.17, 15) is 10.1 Å². The summed E-state index contributed by atoms with van der Waals surface area (Å²) in [5, 5.41) is 18.9. The Hall–Kier alpha value is -4.42. The van der Waals surface area contributed by atoms with Gasteiger partial charge in [0.15, 0.2) is 0 Å². The number of anilines is 1. The minimum absolute atomic E-state index is 0.0643. The van der Waals surface area contributed by atoms with E-state index in [1.54, 1.807) is 6.08 Å². The molecule has 0 radical (unpaired) electrons. The molecule has 1 N–H and O–H groups in total. The second-order valence-corrected chi connectivity index (χ2v) is 7.38. The van der Waals surface area contributed by atoms with Gasteiger partial charge in [-0.2, -0.15) is 5.26 Å². The number of carbonyl (C=O) groups excluding carboxylic acids is 1. The first-order chi connectivity index (χ1) is 15.2. The van der Waals surface area contributed by atoms with Crippen LogP contribution in [0.1, 0.15) is 5.56 Å². The number of benzene rings is 5. The van der Waals surface area contributed by atoms with Gasteiger partial charge in [-0.05, 0) is 50.7 Å². The Morgan fingerprint density at radius 2 is 1.26 bits per heavy atom. The summed E-state index contributed by atoms with van der Waals surface area (Å²) in [6, 6.07) is 33.8. The predicted octanol–water partition coefficient (Wildman–Crippen LogP) is 6.69. The summed E-state index contributed by atoms with van der Waals surface area (Å²) >= 11 is 0. The number of carbonyl (C=O) groups is 1. The molecular formula is C28H18N2O. The van der Waals surface area contributed by atoms with Crippen LogP contribution in [0.5, 0.6) is 0 Å². The summed E-state index contributed by atoms with van der Waals surface area (Å²) in [6.07, 6.45) is 1.70. The number of nitrogens with zero attached hydrogens (tertiary/aromatic N) is 1. The Balaban J connectivity index is 1.63. The standard InChI is InChI=1S/C28H18N2O/c29-18-22(28(31)30-27-15-7-11-19-8-1-6-14-25(19)27)17-26-23-12-4-2-9-20(23)16-21-10-3-5-13-24(21)26/h1-17H,(H,30,31)/b22-17+. The number of fused-ring (bicyclic) bond motifs is 3. The van der Waals surface area contributed by atoms with Gasteiger partial charge in [-0.25, -0.2) is 0 Å². The molecule has 5 aromatic rings. The first-order valence-electron chi connectivity index (χ1n) is 10.1. The zero-order valence-corrected chi connectivity index (χ0v) is 16.7. The molecule has 0 aliphatic heterocycles. The van der Waals surface area contributed by atoms with Crippen LogP contribution in [0.2, 0.25) is 0 Å². The molecule has 3 heteroatoms. The average molecular weight is 398 g/mol. The largest absolute Gasteiger partial charge is 0.321 e. The van der Waals surface area contributed by atoms with Gasteiger partial charge in [-0.1, -0.05) is 84.9 Å². The summed E-state index contributed by atoms with van der Waals surface area (Å²) < 4.78 is 0. The molecule has 0 saturated carbocycles. The molecule has 0 aromatic heterocycles. The summed E-state index contributed by atoms with van der Waals surface area (Å²) in [5.41, 5.74) is 1.62. The molecule has 3 nitrogen and oxygen atoms in total. The molecular weight excluding hydrogens is 380 g/mol. The Morgan fingerprint density at radius 3 is 1.90 bits per heavy atom. The zero-order valence-electron chi connectivity index (χ0n) is 16.7. The summed E-state index contributed by atoms with van der Waals surface area (Å²) in [4.78, 5) is 13.1. The number of rotatable bonds is 3. The zero-order chi connectivity index (χ0) is 21.2. The second kappa shape index (κ2) is 7.78. The average Bonchev–Trinajstić information content (AvgIpc) is 2.82. The van der Waals surface area contributed by atoms with Gasteiger partial charge in [0.2, 0.25) is 0 Å². The van der Waals surface area contributed by atoms with Crippen LogP contribution < -0.4 is 5.32 Å². The predicted molar refractivity (Wildman–Crippen MR) is 128 cm³/mol. The fraction of sp³-hybridized carbons (Fsp3) is 0. The van der Waals surface area contributed by atoms with Crippen LogP contribution in [-0.2, 0) is 4.79 Å². The van der Waals surface area contributed by atoms with Crippen molar-refractivity contribution in [3.8, 4) is 6.07 Å². The highest BCUT2D eigenvalue weighted by molar-refractivity contribution is 6.16. The maximum Gasteiger partial charge on any atom is 0.266 e. The lowest BCUT2D eigenvalue weighted by molar-refractivity contribution is -0.112. The van der Waals surface area contributed by atoms with Gasteiger partial charge in [-0.3, -0.25) is 4.79 Å². The highest BCUT2D eigenvalue weighted by Gasteiger charge is 2.13. The Morgan fingerprint density at radius 1 is 0.710 bits per heavy atom. The highest BCUT2D eigenvalue weighted by atomic mass is 16.1. The van der Waals surface area contributed by atoms with E-state index in [2.05, 4.69) is 17.5 Å². The molecule has 31 heavy (non-hydrogen) atoms. The van der Waals surface area contributed by atoms with Crippen LogP contribution in [0.4, 0.5) is 5.69 Å². The molecule has 0 fully saturated rings. The number of nitriles is 1.